The molecule has 4 heteroatoms. The van der Waals surface area contributed by atoms with Crippen LogP contribution in [0.5, 0.6) is 0 Å². The molecule has 0 heterocycles. The normalized spacial score (nSPS) is 18.1. The number of fused-ring (bicyclic) bond motifs is 4. The van der Waals surface area contributed by atoms with Gasteiger partial charge >= 0.3 is 18.6 Å². The number of hydrogen-bond donors (Lipinski definition) is 0. The van der Waals surface area contributed by atoms with E-state index in [1.807, 2.05) is 39.1 Å². The van der Waals surface area contributed by atoms with E-state index < -0.39 is 0 Å². The molecule has 0 saturated heterocycles. The van der Waals surface area contributed by atoms with E-state index in [1.165, 1.54) is 83.5 Å². The third-order valence-corrected chi connectivity index (χ3v) is 13.1. The third kappa shape index (κ3) is 13.9. The van der Waals surface area contributed by atoms with Crippen molar-refractivity contribution in [1.82, 2.24) is 0 Å². The molecule has 0 aromatic heterocycles. The van der Waals surface area contributed by atoms with Crippen LogP contribution in [0.1, 0.15) is 112 Å². The fourth-order valence-corrected chi connectivity index (χ4v) is 9.55. The second-order valence-corrected chi connectivity index (χ2v) is 18.2. The van der Waals surface area contributed by atoms with E-state index in [-0.39, 0.29) is 24.0 Å². The predicted molar refractivity (Wildman–Crippen MR) is 295 cm³/mol. The number of nitrogens with zero attached hydrogens (tertiary/aromatic N) is 3. The van der Waals surface area contributed by atoms with Crippen molar-refractivity contribution in [1.29, 1.82) is 0 Å². The molecule has 2 atom stereocenters. The molecule has 4 aliphatic carbocycles. The molecule has 349 valence electrons. The van der Waals surface area contributed by atoms with Crippen LogP contribution in [0.25, 0.3) is 38.6 Å². The van der Waals surface area contributed by atoms with Gasteiger partial charge in [0.05, 0.1) is 6.54 Å². The first kappa shape index (κ1) is 54.8. The van der Waals surface area contributed by atoms with Crippen LogP contribution in [0.4, 0.5) is 0 Å². The number of benzene rings is 5. The first-order valence-corrected chi connectivity index (χ1v) is 24.1. The van der Waals surface area contributed by atoms with Crippen LogP contribution in [-0.4, -0.2) is 20.5 Å². The van der Waals surface area contributed by atoms with Gasteiger partial charge in [-0.3, -0.25) is 4.99 Å². The zero-order valence-corrected chi connectivity index (χ0v) is 43.5. The summed E-state index contributed by atoms with van der Waals surface area (Å²) in [6, 6.07) is 41.5. The average Bonchev–Trinajstić information content (AvgIpc) is 3.73. The van der Waals surface area contributed by atoms with Crippen LogP contribution >= 0.6 is 0 Å². The zero-order chi connectivity index (χ0) is 48.3. The molecule has 4 aliphatic rings. The molecular weight excluding hydrogens is 862 g/mol. The van der Waals surface area contributed by atoms with Gasteiger partial charge in [0.2, 0.25) is 0 Å². The Morgan fingerprint density at radius 3 is 2.15 bits per heavy atom. The Balaban J connectivity index is 0.000000274. The Morgan fingerprint density at radius 2 is 1.41 bits per heavy atom. The van der Waals surface area contributed by atoms with E-state index in [2.05, 4.69) is 211 Å². The van der Waals surface area contributed by atoms with Gasteiger partial charge in [-0.1, -0.05) is 216 Å². The second kappa shape index (κ2) is 27.2. The van der Waals surface area contributed by atoms with E-state index >= 15 is 0 Å². The molecule has 0 amide bonds. The van der Waals surface area contributed by atoms with Gasteiger partial charge in [-0.25, -0.2) is 6.72 Å². The molecule has 1 radical (unpaired) electrons. The summed E-state index contributed by atoms with van der Waals surface area (Å²) in [7, 11) is 1.83. The standard InChI is InChI=1S/C38H42.C15H13N.C8H10N.C2H6.CH2N.V/c1-26-16-10-11-19-32(26)34-21-14-20-33(29(34)4)30-17-13-18-31(24-30)35-25-36-27(2)15-9-7-8-12-22-38(5,6)37(36)23-28(35)3;1-16-10-11-6-7-15-13(8-11)9-12-4-2-3-5-14(12)15;1-9-7-8-5-3-2-4-6-8;2*1-2;/h8-9,11-15,17-21,23-25,28,35H,2,7,10,16,22H2,1,3-6H3;2-8H,1,9-10H2;2-6H,7H2,1H3;1-2H3;1H2;/q;;-1;;-1;+2/b12-8-,15-9-;;;;;. The topological polar surface area (TPSA) is 48.8 Å². The maximum Gasteiger partial charge on any atom is 2.00 e. The molecule has 0 N–H and O–H groups in total. The maximum atomic E-state index is 6.75. The first-order valence-electron chi connectivity index (χ1n) is 24.1. The van der Waals surface area contributed by atoms with Crippen LogP contribution in [0.3, 0.4) is 0 Å². The Kier molecular flexibility index (Phi) is 21.9. The van der Waals surface area contributed by atoms with Crippen molar-refractivity contribution in [3.05, 3.63) is 242 Å². The summed E-state index contributed by atoms with van der Waals surface area (Å²) in [6.45, 7) is 27.5. The van der Waals surface area contributed by atoms with E-state index in [4.69, 9.17) is 5.41 Å². The zero-order valence-electron chi connectivity index (χ0n) is 42.1. The van der Waals surface area contributed by atoms with Gasteiger partial charge in [0.15, 0.2) is 0 Å². The van der Waals surface area contributed by atoms with Gasteiger partial charge < -0.3 is 10.7 Å². The quantitative estimate of drug-likeness (QED) is 0.113. The molecule has 9 rings (SSSR count). The molecule has 68 heavy (non-hydrogen) atoms. The molecular formula is C64H73N3V. The molecule has 5 aromatic rings. The van der Waals surface area contributed by atoms with Crippen LogP contribution < -0.4 is 0 Å². The van der Waals surface area contributed by atoms with Gasteiger partial charge in [0.1, 0.15) is 0 Å². The number of aliphatic imine (C=N–C) groups is 1. The number of allylic oxidation sites excluding steroid dienone is 13. The van der Waals surface area contributed by atoms with Gasteiger partial charge in [-0.15, -0.1) is 6.54 Å². The maximum absolute atomic E-state index is 6.75. The minimum Gasteiger partial charge on any atom is -0.817 e. The summed E-state index contributed by atoms with van der Waals surface area (Å²) in [4.78, 5) is 3.93. The molecule has 0 fully saturated rings. The van der Waals surface area contributed by atoms with Crippen molar-refractivity contribution < 1.29 is 18.6 Å². The van der Waals surface area contributed by atoms with Gasteiger partial charge in [0, 0.05) is 5.92 Å². The summed E-state index contributed by atoms with van der Waals surface area (Å²) in [6.07, 6.45) is 24.1. The van der Waals surface area contributed by atoms with Crippen LogP contribution in [0, 0.1) is 18.3 Å². The van der Waals surface area contributed by atoms with E-state index in [0.29, 0.717) is 18.4 Å². The van der Waals surface area contributed by atoms with E-state index in [1.54, 1.807) is 0 Å². The molecule has 0 aliphatic heterocycles. The van der Waals surface area contributed by atoms with Crippen LogP contribution in [0.15, 0.2) is 198 Å². The Labute approximate surface area is 422 Å². The minimum atomic E-state index is 0. The van der Waals surface area contributed by atoms with Gasteiger partial charge in [0.25, 0.3) is 0 Å². The Morgan fingerprint density at radius 1 is 0.721 bits per heavy atom. The van der Waals surface area contributed by atoms with Crippen molar-refractivity contribution in [3.63, 3.8) is 0 Å². The van der Waals surface area contributed by atoms with Gasteiger partial charge in [-0.05, 0) is 142 Å². The fraction of sp³-hybridized carbons (Fsp3) is 0.281. The van der Waals surface area contributed by atoms with Crippen molar-refractivity contribution in [3.8, 4) is 22.3 Å². The molecule has 0 spiro atoms. The summed E-state index contributed by atoms with van der Waals surface area (Å²) in [5, 5.41) is 10.8. The van der Waals surface area contributed by atoms with Crippen LogP contribution in [-0.2, 0) is 38.1 Å². The van der Waals surface area contributed by atoms with Crippen molar-refractivity contribution >= 4 is 19.0 Å². The van der Waals surface area contributed by atoms with Crippen molar-refractivity contribution in [2.45, 2.75) is 99.6 Å². The van der Waals surface area contributed by atoms with E-state index in [9.17, 15) is 0 Å². The average molecular weight is 935 g/mol. The Hall–Kier alpha value is -5.84. The number of hydrogen-bond acceptors (Lipinski definition) is 1. The monoisotopic (exact) mass is 935 g/mol. The molecule has 3 nitrogen and oxygen atoms in total. The third-order valence-electron chi connectivity index (χ3n) is 13.1. The number of rotatable bonds is 7. The predicted octanol–water partition coefficient (Wildman–Crippen LogP) is 17.8. The summed E-state index contributed by atoms with van der Waals surface area (Å²) in [5.41, 5.74) is 21.7. The Bertz CT molecular complexity index is 2650. The molecule has 0 bridgehead atoms. The second-order valence-electron chi connectivity index (χ2n) is 18.2. The summed E-state index contributed by atoms with van der Waals surface area (Å²) < 4.78 is 0. The van der Waals surface area contributed by atoms with Crippen molar-refractivity contribution in [2.75, 3.05) is 7.05 Å². The molecule has 0 saturated carbocycles. The first-order chi connectivity index (χ1) is 32.6. The summed E-state index contributed by atoms with van der Waals surface area (Å²) in [5.74, 6) is 0.738. The molecule has 5 aromatic carbocycles. The minimum absolute atomic E-state index is 0. The van der Waals surface area contributed by atoms with Crippen LogP contribution in [0.2, 0.25) is 0 Å². The molecule has 2 unspecified atom stereocenters. The largest absolute Gasteiger partial charge is 2.00 e. The SMILES string of the molecule is C=C1/C=C\C/C=C\CC(C)(C)C2=CC(C)C(c3cccc(-c4cccc(C5=C(C)CCC=C5)c4C)c3)C=C12.C=NCc1ccc2c(c1)Cc1ccccc1-2.C=[N-].CC.C[N-]Cc1ccccc1.[V+2]. The smallest absolute Gasteiger partial charge is 0.817 e. The summed E-state index contributed by atoms with van der Waals surface area (Å²) >= 11 is 0. The van der Waals surface area contributed by atoms with Crippen molar-refractivity contribution in [2.24, 2.45) is 16.3 Å². The van der Waals surface area contributed by atoms with Gasteiger partial charge in [-0.2, -0.15) is 7.05 Å². The van der Waals surface area contributed by atoms with E-state index in [0.717, 1.165) is 44.2 Å². The fourth-order valence-electron chi connectivity index (χ4n) is 9.55.